The number of carbonyl (C=O) groups is 1. The van der Waals surface area contributed by atoms with E-state index >= 15 is 0 Å². The molecule has 4 aromatic rings. The fraction of sp³-hybridized carbons (Fsp3) is 0.0435. The van der Waals surface area contributed by atoms with Crippen LogP contribution in [0.2, 0.25) is 0 Å². The SMILES string of the molecule is N#Cc1ccc(NC(=O)NCc2cccc(-c3n[nH]cc3-c3ccncc3)c2)cc1. The summed E-state index contributed by atoms with van der Waals surface area (Å²) < 4.78 is 0. The zero-order valence-electron chi connectivity index (χ0n) is 16.0. The van der Waals surface area contributed by atoms with Gasteiger partial charge in [-0.3, -0.25) is 10.1 Å². The summed E-state index contributed by atoms with van der Waals surface area (Å²) in [6.45, 7) is 0.366. The summed E-state index contributed by atoms with van der Waals surface area (Å²) in [6, 6.07) is 20.2. The number of amides is 2. The number of urea groups is 1. The molecule has 30 heavy (non-hydrogen) atoms. The van der Waals surface area contributed by atoms with E-state index in [0.29, 0.717) is 17.8 Å². The third kappa shape index (κ3) is 4.34. The van der Waals surface area contributed by atoms with Crippen molar-refractivity contribution in [2.45, 2.75) is 6.54 Å². The minimum Gasteiger partial charge on any atom is -0.334 e. The standard InChI is InChI=1S/C23H18N6O/c24-13-16-4-6-20(7-5-16)28-23(30)26-14-17-2-1-3-19(12-17)22-21(15-27-29-22)18-8-10-25-11-9-18/h1-12,15H,14H2,(H,27,29)(H2,26,28,30). The third-order valence-electron chi connectivity index (χ3n) is 4.56. The van der Waals surface area contributed by atoms with E-state index < -0.39 is 0 Å². The van der Waals surface area contributed by atoms with Gasteiger partial charge in [-0.2, -0.15) is 10.4 Å². The number of rotatable bonds is 5. The minimum absolute atomic E-state index is 0.317. The van der Waals surface area contributed by atoms with E-state index in [-0.39, 0.29) is 6.03 Å². The zero-order valence-corrected chi connectivity index (χ0v) is 16.0. The van der Waals surface area contributed by atoms with Gasteiger partial charge in [-0.15, -0.1) is 0 Å². The minimum atomic E-state index is -0.317. The molecule has 146 valence electrons. The van der Waals surface area contributed by atoms with E-state index in [2.05, 4.69) is 25.8 Å². The molecule has 2 aromatic carbocycles. The molecule has 0 bridgehead atoms. The Kier molecular flexibility index (Phi) is 5.49. The average molecular weight is 394 g/mol. The number of nitrogens with one attached hydrogen (secondary N) is 3. The van der Waals surface area contributed by atoms with Crippen LogP contribution in [0.15, 0.2) is 79.3 Å². The Balaban J connectivity index is 1.44. The molecule has 2 amide bonds. The van der Waals surface area contributed by atoms with Crippen molar-refractivity contribution in [1.29, 1.82) is 5.26 Å². The number of hydrogen-bond donors (Lipinski definition) is 3. The lowest BCUT2D eigenvalue weighted by atomic mass is 10.0. The van der Waals surface area contributed by atoms with Gasteiger partial charge in [0.25, 0.3) is 0 Å². The molecule has 0 saturated carbocycles. The molecule has 2 aromatic heterocycles. The van der Waals surface area contributed by atoms with Gasteiger partial charge < -0.3 is 10.6 Å². The number of anilines is 1. The second-order valence-corrected chi connectivity index (χ2v) is 6.58. The van der Waals surface area contributed by atoms with Crippen LogP contribution in [0.5, 0.6) is 0 Å². The van der Waals surface area contributed by atoms with Gasteiger partial charge in [-0.05, 0) is 53.6 Å². The predicted molar refractivity (Wildman–Crippen MR) is 114 cm³/mol. The number of benzene rings is 2. The van der Waals surface area contributed by atoms with Crippen molar-refractivity contribution in [3.05, 3.63) is 90.4 Å². The zero-order chi connectivity index (χ0) is 20.8. The van der Waals surface area contributed by atoms with E-state index in [4.69, 9.17) is 5.26 Å². The van der Waals surface area contributed by atoms with Crippen molar-refractivity contribution in [2.24, 2.45) is 0 Å². The first-order chi connectivity index (χ1) is 14.7. The van der Waals surface area contributed by atoms with Gasteiger partial charge in [0.1, 0.15) is 0 Å². The Morgan fingerprint density at radius 1 is 1.03 bits per heavy atom. The average Bonchev–Trinajstić information content (AvgIpc) is 3.29. The van der Waals surface area contributed by atoms with Crippen molar-refractivity contribution in [3.63, 3.8) is 0 Å². The maximum absolute atomic E-state index is 12.2. The topological polar surface area (TPSA) is 106 Å². The first-order valence-electron chi connectivity index (χ1n) is 9.31. The number of hydrogen-bond acceptors (Lipinski definition) is 4. The molecule has 7 nitrogen and oxygen atoms in total. The number of H-pyrrole nitrogens is 1. The first kappa shape index (κ1) is 18.9. The van der Waals surface area contributed by atoms with Gasteiger partial charge in [-0.25, -0.2) is 4.79 Å². The highest BCUT2D eigenvalue weighted by atomic mass is 16.2. The molecular formula is C23H18N6O. The summed E-state index contributed by atoms with van der Waals surface area (Å²) in [5.74, 6) is 0. The van der Waals surface area contributed by atoms with Gasteiger partial charge in [0.2, 0.25) is 0 Å². The Morgan fingerprint density at radius 3 is 2.60 bits per heavy atom. The normalized spacial score (nSPS) is 10.2. The van der Waals surface area contributed by atoms with Crippen molar-refractivity contribution in [3.8, 4) is 28.5 Å². The van der Waals surface area contributed by atoms with E-state index in [9.17, 15) is 4.79 Å². The highest BCUT2D eigenvalue weighted by molar-refractivity contribution is 5.89. The fourth-order valence-corrected chi connectivity index (χ4v) is 3.08. The number of aromatic nitrogens is 3. The number of nitriles is 1. The molecule has 0 saturated heterocycles. The summed E-state index contributed by atoms with van der Waals surface area (Å²) in [5.41, 5.74) is 5.92. The van der Waals surface area contributed by atoms with Crippen LogP contribution >= 0.6 is 0 Å². The highest BCUT2D eigenvalue weighted by Gasteiger charge is 2.11. The van der Waals surface area contributed by atoms with Crippen molar-refractivity contribution in [2.75, 3.05) is 5.32 Å². The molecule has 0 radical (unpaired) electrons. The van der Waals surface area contributed by atoms with Crippen molar-refractivity contribution < 1.29 is 4.79 Å². The van der Waals surface area contributed by atoms with Gasteiger partial charge in [0.15, 0.2) is 0 Å². The number of pyridine rings is 1. The van der Waals surface area contributed by atoms with Crippen LogP contribution in [0.4, 0.5) is 10.5 Å². The van der Waals surface area contributed by atoms with Crippen LogP contribution in [0.25, 0.3) is 22.4 Å². The first-order valence-corrected chi connectivity index (χ1v) is 9.31. The van der Waals surface area contributed by atoms with Crippen LogP contribution in [0.1, 0.15) is 11.1 Å². The monoisotopic (exact) mass is 394 g/mol. The summed E-state index contributed by atoms with van der Waals surface area (Å²) in [4.78, 5) is 16.2. The number of aromatic amines is 1. The third-order valence-corrected chi connectivity index (χ3v) is 4.56. The van der Waals surface area contributed by atoms with Crippen molar-refractivity contribution in [1.82, 2.24) is 20.5 Å². The Bertz CT molecular complexity index is 1190. The summed E-state index contributed by atoms with van der Waals surface area (Å²) in [5, 5.41) is 21.8. The molecule has 0 atom stereocenters. The van der Waals surface area contributed by atoms with Gasteiger partial charge in [-0.1, -0.05) is 18.2 Å². The molecule has 0 aliphatic carbocycles. The van der Waals surface area contributed by atoms with Gasteiger partial charge >= 0.3 is 6.03 Å². The van der Waals surface area contributed by atoms with E-state index in [0.717, 1.165) is 27.9 Å². The molecule has 3 N–H and O–H groups in total. The Hall–Kier alpha value is -4.44. The number of nitrogens with zero attached hydrogens (tertiary/aromatic N) is 3. The van der Waals surface area contributed by atoms with E-state index in [1.807, 2.05) is 48.7 Å². The molecule has 0 aliphatic rings. The van der Waals surface area contributed by atoms with Crippen LogP contribution in [0, 0.1) is 11.3 Å². The molecular weight excluding hydrogens is 376 g/mol. The number of carbonyl (C=O) groups excluding carboxylic acids is 1. The molecule has 2 heterocycles. The molecule has 0 spiro atoms. The van der Waals surface area contributed by atoms with Gasteiger partial charge in [0.05, 0.1) is 17.3 Å². The molecule has 4 rings (SSSR count). The smallest absolute Gasteiger partial charge is 0.319 e. The van der Waals surface area contributed by atoms with Crippen LogP contribution in [-0.2, 0) is 6.54 Å². The lowest BCUT2D eigenvalue weighted by molar-refractivity contribution is 0.251. The maximum Gasteiger partial charge on any atom is 0.319 e. The predicted octanol–water partition coefficient (Wildman–Crippen LogP) is 4.33. The highest BCUT2D eigenvalue weighted by Crippen LogP contribution is 2.30. The molecule has 0 unspecified atom stereocenters. The summed E-state index contributed by atoms with van der Waals surface area (Å²) in [6.07, 6.45) is 5.36. The molecule has 0 aliphatic heterocycles. The fourth-order valence-electron chi connectivity index (χ4n) is 3.08. The van der Waals surface area contributed by atoms with Crippen molar-refractivity contribution >= 4 is 11.7 Å². The van der Waals surface area contributed by atoms with Crippen LogP contribution < -0.4 is 10.6 Å². The quantitative estimate of drug-likeness (QED) is 0.468. The van der Waals surface area contributed by atoms with Crippen LogP contribution in [-0.4, -0.2) is 21.2 Å². The van der Waals surface area contributed by atoms with Gasteiger partial charge in [0, 0.05) is 41.9 Å². The Morgan fingerprint density at radius 2 is 1.83 bits per heavy atom. The molecule has 0 fully saturated rings. The largest absolute Gasteiger partial charge is 0.334 e. The maximum atomic E-state index is 12.2. The second kappa shape index (κ2) is 8.71. The van der Waals surface area contributed by atoms with Crippen LogP contribution in [0.3, 0.4) is 0 Å². The van der Waals surface area contributed by atoms with E-state index in [1.54, 1.807) is 36.7 Å². The lowest BCUT2D eigenvalue weighted by Crippen LogP contribution is -2.28. The summed E-state index contributed by atoms with van der Waals surface area (Å²) in [7, 11) is 0. The summed E-state index contributed by atoms with van der Waals surface area (Å²) >= 11 is 0. The Labute approximate surface area is 173 Å². The lowest BCUT2D eigenvalue weighted by Gasteiger charge is -2.09. The second-order valence-electron chi connectivity index (χ2n) is 6.58. The molecule has 7 heteroatoms. The van der Waals surface area contributed by atoms with E-state index in [1.165, 1.54) is 0 Å².